The molecular formula is C23H25FN6O2. The van der Waals surface area contributed by atoms with Crippen LogP contribution in [0.1, 0.15) is 30.3 Å². The van der Waals surface area contributed by atoms with Gasteiger partial charge in [-0.2, -0.15) is 9.97 Å². The van der Waals surface area contributed by atoms with Gasteiger partial charge in [0.05, 0.1) is 12.6 Å². The largest absolute Gasteiger partial charge is 0.508 e. The maximum Gasteiger partial charge on any atom is 0.227 e. The molecule has 0 bridgehead atoms. The number of aliphatic hydroxyl groups excluding tert-OH is 1. The van der Waals surface area contributed by atoms with E-state index in [0.29, 0.717) is 41.3 Å². The Hall–Kier alpha value is -3.72. The quantitative estimate of drug-likeness (QED) is 0.272. The first-order valence-electron chi connectivity index (χ1n) is 10.4. The van der Waals surface area contributed by atoms with Crippen LogP contribution < -0.4 is 10.6 Å². The molecule has 1 atom stereocenters. The monoisotopic (exact) mass is 436 g/mol. The summed E-state index contributed by atoms with van der Waals surface area (Å²) in [5.74, 6) is 1.06. The second kappa shape index (κ2) is 9.61. The number of halogens is 1. The van der Waals surface area contributed by atoms with E-state index in [1.807, 2.05) is 37.3 Å². The van der Waals surface area contributed by atoms with Crippen molar-refractivity contribution in [2.45, 2.75) is 32.4 Å². The van der Waals surface area contributed by atoms with E-state index in [-0.39, 0.29) is 24.9 Å². The van der Waals surface area contributed by atoms with Gasteiger partial charge in [-0.25, -0.2) is 9.37 Å². The molecule has 0 fully saturated rings. The standard InChI is InChI=1S/C23H25FN6O2/c1-2-17(13-31)26-23-29-21(25-12-15-11-16(24)8-9-18(15)32)20-22(30-23)28-19(27-20)10-14-6-4-3-5-7-14/h3-9,11,17,31-32H,2,10,12-13H2,1H3,(H3,25,26,27,28,29,30). The first kappa shape index (κ1) is 21.5. The second-order valence-electron chi connectivity index (χ2n) is 7.50. The molecular weight excluding hydrogens is 411 g/mol. The van der Waals surface area contributed by atoms with Gasteiger partial charge in [-0.1, -0.05) is 37.3 Å². The number of anilines is 2. The van der Waals surface area contributed by atoms with E-state index in [1.165, 1.54) is 18.2 Å². The third kappa shape index (κ3) is 4.94. The van der Waals surface area contributed by atoms with E-state index in [9.17, 15) is 14.6 Å². The van der Waals surface area contributed by atoms with Gasteiger partial charge in [0.1, 0.15) is 22.9 Å². The summed E-state index contributed by atoms with van der Waals surface area (Å²) in [5.41, 5.74) is 2.57. The highest BCUT2D eigenvalue weighted by Gasteiger charge is 2.16. The predicted octanol–water partition coefficient (Wildman–Crippen LogP) is 3.58. The molecule has 0 aliphatic carbocycles. The summed E-state index contributed by atoms with van der Waals surface area (Å²) in [4.78, 5) is 16.9. The Morgan fingerprint density at radius 2 is 1.91 bits per heavy atom. The van der Waals surface area contributed by atoms with Crippen LogP contribution in [0.25, 0.3) is 11.2 Å². The van der Waals surface area contributed by atoms with Crippen LogP contribution in [0.5, 0.6) is 5.75 Å². The van der Waals surface area contributed by atoms with Crippen molar-refractivity contribution in [2.75, 3.05) is 17.2 Å². The summed E-state index contributed by atoms with van der Waals surface area (Å²) in [6.07, 6.45) is 1.29. The minimum absolute atomic E-state index is 0.0109. The topological polar surface area (TPSA) is 119 Å². The zero-order chi connectivity index (χ0) is 22.5. The normalized spacial score (nSPS) is 12.1. The highest BCUT2D eigenvalue weighted by atomic mass is 19.1. The lowest BCUT2D eigenvalue weighted by Gasteiger charge is -2.15. The molecule has 2 aromatic carbocycles. The molecule has 1 unspecified atom stereocenters. The number of aliphatic hydroxyl groups is 1. The molecule has 0 saturated carbocycles. The van der Waals surface area contributed by atoms with Crippen molar-refractivity contribution in [3.8, 4) is 5.75 Å². The number of aromatic hydroxyl groups is 1. The van der Waals surface area contributed by atoms with Gasteiger partial charge in [0, 0.05) is 18.5 Å². The number of benzene rings is 2. The lowest BCUT2D eigenvalue weighted by atomic mass is 10.1. The molecule has 0 aliphatic heterocycles. The van der Waals surface area contributed by atoms with Crippen LogP contribution in [0.15, 0.2) is 48.5 Å². The summed E-state index contributed by atoms with van der Waals surface area (Å²) in [6, 6.07) is 13.5. The second-order valence-corrected chi connectivity index (χ2v) is 7.50. The van der Waals surface area contributed by atoms with E-state index in [4.69, 9.17) is 0 Å². The fraction of sp³-hybridized carbons (Fsp3) is 0.261. The van der Waals surface area contributed by atoms with Crippen molar-refractivity contribution in [1.29, 1.82) is 0 Å². The van der Waals surface area contributed by atoms with Gasteiger partial charge in [0.25, 0.3) is 0 Å². The van der Waals surface area contributed by atoms with E-state index >= 15 is 0 Å². The number of phenolic OH excluding ortho intramolecular Hbond substituents is 1. The third-order valence-electron chi connectivity index (χ3n) is 5.15. The van der Waals surface area contributed by atoms with Crippen LogP contribution in [0.3, 0.4) is 0 Å². The van der Waals surface area contributed by atoms with Crippen LogP contribution in [-0.4, -0.2) is 42.8 Å². The van der Waals surface area contributed by atoms with Crippen LogP contribution >= 0.6 is 0 Å². The van der Waals surface area contributed by atoms with Crippen molar-refractivity contribution >= 4 is 22.9 Å². The zero-order valence-corrected chi connectivity index (χ0v) is 17.6. The molecule has 5 N–H and O–H groups in total. The number of aromatic amines is 1. The van der Waals surface area contributed by atoms with Crippen LogP contribution in [-0.2, 0) is 13.0 Å². The number of hydrogen-bond donors (Lipinski definition) is 5. The third-order valence-corrected chi connectivity index (χ3v) is 5.15. The van der Waals surface area contributed by atoms with Crippen molar-refractivity contribution in [3.05, 3.63) is 71.3 Å². The Bertz CT molecular complexity index is 1190. The van der Waals surface area contributed by atoms with Gasteiger partial charge in [0.2, 0.25) is 5.95 Å². The molecule has 2 heterocycles. The van der Waals surface area contributed by atoms with Gasteiger partial charge >= 0.3 is 0 Å². The Labute approximate surface area is 184 Å². The predicted molar refractivity (Wildman–Crippen MR) is 121 cm³/mol. The number of fused-ring (bicyclic) bond motifs is 1. The lowest BCUT2D eigenvalue weighted by Crippen LogP contribution is -2.24. The first-order chi connectivity index (χ1) is 15.6. The molecule has 166 valence electrons. The average molecular weight is 436 g/mol. The van der Waals surface area contributed by atoms with E-state index in [2.05, 4.69) is 30.6 Å². The summed E-state index contributed by atoms with van der Waals surface area (Å²) >= 11 is 0. The number of nitrogens with one attached hydrogen (secondary N) is 3. The van der Waals surface area contributed by atoms with Gasteiger partial charge in [-0.05, 0) is 30.2 Å². The molecule has 4 rings (SSSR count). The van der Waals surface area contributed by atoms with Gasteiger partial charge < -0.3 is 25.8 Å². The number of nitrogens with zero attached hydrogens (tertiary/aromatic N) is 3. The van der Waals surface area contributed by atoms with Crippen molar-refractivity contribution in [2.24, 2.45) is 0 Å². The number of imidazole rings is 1. The number of H-pyrrole nitrogens is 1. The summed E-state index contributed by atoms with van der Waals surface area (Å²) in [7, 11) is 0. The molecule has 0 spiro atoms. The first-order valence-corrected chi connectivity index (χ1v) is 10.4. The Kier molecular flexibility index (Phi) is 6.46. The SMILES string of the molecule is CCC(CO)Nc1nc(NCc2cc(F)ccc2O)c2[nH]c(Cc3ccccc3)nc2n1. The Morgan fingerprint density at radius 1 is 1.09 bits per heavy atom. The molecule has 4 aromatic rings. The van der Waals surface area contributed by atoms with E-state index in [1.54, 1.807) is 0 Å². The number of aromatic nitrogens is 4. The minimum atomic E-state index is -0.435. The zero-order valence-electron chi connectivity index (χ0n) is 17.6. The molecule has 0 amide bonds. The molecule has 0 radical (unpaired) electrons. The van der Waals surface area contributed by atoms with Crippen molar-refractivity contribution in [1.82, 2.24) is 19.9 Å². The maximum absolute atomic E-state index is 13.6. The Balaban J connectivity index is 1.67. The van der Waals surface area contributed by atoms with Crippen molar-refractivity contribution in [3.63, 3.8) is 0 Å². The smallest absolute Gasteiger partial charge is 0.227 e. The van der Waals surface area contributed by atoms with Crippen molar-refractivity contribution < 1.29 is 14.6 Å². The van der Waals surface area contributed by atoms with Gasteiger partial charge in [-0.3, -0.25) is 0 Å². The fourth-order valence-corrected chi connectivity index (χ4v) is 3.34. The highest BCUT2D eigenvalue weighted by molar-refractivity contribution is 5.84. The molecule has 32 heavy (non-hydrogen) atoms. The fourth-order valence-electron chi connectivity index (χ4n) is 3.34. The van der Waals surface area contributed by atoms with Crippen LogP contribution in [0.4, 0.5) is 16.2 Å². The summed E-state index contributed by atoms with van der Waals surface area (Å²) in [6.45, 7) is 2.04. The van der Waals surface area contributed by atoms with E-state index in [0.717, 1.165) is 11.4 Å². The molecule has 2 aromatic heterocycles. The summed E-state index contributed by atoms with van der Waals surface area (Å²) < 4.78 is 13.6. The van der Waals surface area contributed by atoms with Crippen LogP contribution in [0.2, 0.25) is 0 Å². The highest BCUT2D eigenvalue weighted by Crippen LogP contribution is 2.24. The van der Waals surface area contributed by atoms with Crippen LogP contribution in [0, 0.1) is 5.82 Å². The lowest BCUT2D eigenvalue weighted by molar-refractivity contribution is 0.271. The molecule has 8 nitrogen and oxygen atoms in total. The molecule has 9 heteroatoms. The number of rotatable bonds is 9. The van der Waals surface area contributed by atoms with E-state index < -0.39 is 5.82 Å². The average Bonchev–Trinajstić information content (AvgIpc) is 3.20. The molecule has 0 saturated heterocycles. The Morgan fingerprint density at radius 3 is 2.66 bits per heavy atom. The maximum atomic E-state index is 13.6. The van der Waals surface area contributed by atoms with Gasteiger partial charge in [-0.15, -0.1) is 0 Å². The molecule has 0 aliphatic rings. The minimum Gasteiger partial charge on any atom is -0.508 e. The number of phenols is 1. The van der Waals surface area contributed by atoms with Gasteiger partial charge in [0.15, 0.2) is 11.5 Å². The summed E-state index contributed by atoms with van der Waals surface area (Å²) in [5, 5.41) is 25.8. The number of hydrogen-bond acceptors (Lipinski definition) is 7.